The zero-order chi connectivity index (χ0) is 13.2. The Morgan fingerprint density at radius 3 is 2.89 bits per heavy atom. The van der Waals surface area contributed by atoms with Crippen molar-refractivity contribution in [2.45, 2.75) is 37.6 Å². The summed E-state index contributed by atoms with van der Waals surface area (Å²) in [6.45, 7) is 0.748. The van der Waals surface area contributed by atoms with Crippen LogP contribution in [0.15, 0.2) is 6.20 Å². The van der Waals surface area contributed by atoms with Gasteiger partial charge in [0.05, 0.1) is 6.10 Å². The Balaban J connectivity index is 2.05. The number of nitrogens with zero attached hydrogens (tertiary/aromatic N) is 1. The zero-order valence-electron chi connectivity index (χ0n) is 9.96. The summed E-state index contributed by atoms with van der Waals surface area (Å²) >= 11 is 0.702. The van der Waals surface area contributed by atoms with E-state index in [-0.39, 0.29) is 12.1 Å². The molecule has 1 fully saturated rings. The fraction of sp³-hybridized carbons (Fsp3) is 0.727. The number of ether oxygens (including phenoxy) is 1. The van der Waals surface area contributed by atoms with Gasteiger partial charge in [0.15, 0.2) is 5.01 Å². The van der Waals surface area contributed by atoms with E-state index in [0.29, 0.717) is 22.6 Å². The molecule has 18 heavy (non-hydrogen) atoms. The van der Waals surface area contributed by atoms with Crippen LogP contribution in [0.2, 0.25) is 0 Å². The monoisotopic (exact) mass is 280 g/mol. The summed E-state index contributed by atoms with van der Waals surface area (Å²) < 4.78 is 42.9. The van der Waals surface area contributed by atoms with Crippen LogP contribution in [0.4, 0.5) is 13.2 Å². The number of aromatic nitrogens is 1. The van der Waals surface area contributed by atoms with Gasteiger partial charge >= 0.3 is 6.18 Å². The normalized spacial score (nSPS) is 22.3. The summed E-state index contributed by atoms with van der Waals surface area (Å²) in [6.07, 6.45) is -0.218. The van der Waals surface area contributed by atoms with Gasteiger partial charge in [0.25, 0.3) is 0 Å². The predicted molar refractivity (Wildman–Crippen MR) is 62.5 cm³/mol. The quantitative estimate of drug-likeness (QED) is 0.920. The fourth-order valence-corrected chi connectivity index (χ4v) is 2.95. The lowest BCUT2D eigenvalue weighted by atomic mass is 10.1. The fourth-order valence-electron chi connectivity index (χ4n) is 2.05. The lowest BCUT2D eigenvalue weighted by molar-refractivity contribution is -0.137. The van der Waals surface area contributed by atoms with E-state index >= 15 is 0 Å². The van der Waals surface area contributed by atoms with Crippen LogP contribution in [0.3, 0.4) is 0 Å². The molecular weight excluding hydrogens is 265 g/mol. The second kappa shape index (κ2) is 5.54. The maximum absolute atomic E-state index is 12.5. The van der Waals surface area contributed by atoms with Crippen LogP contribution in [0.25, 0.3) is 0 Å². The standard InChI is InChI=1S/C11H15F3N2OS/c1-15-8(5-7-3-2-4-17-7)9-6-16-10(18-9)11(12,13)14/h6-8,15H,2-5H2,1H3. The molecule has 1 saturated heterocycles. The number of thiazole rings is 1. The second-order valence-corrected chi connectivity index (χ2v) is 5.34. The summed E-state index contributed by atoms with van der Waals surface area (Å²) in [7, 11) is 1.74. The minimum absolute atomic E-state index is 0.123. The average Bonchev–Trinajstić information content (AvgIpc) is 2.95. The Kier molecular flexibility index (Phi) is 4.24. The van der Waals surface area contributed by atoms with Gasteiger partial charge in [0.1, 0.15) is 0 Å². The largest absolute Gasteiger partial charge is 0.443 e. The molecule has 0 saturated carbocycles. The number of nitrogens with one attached hydrogen (secondary N) is 1. The SMILES string of the molecule is CNC(CC1CCCO1)c1cnc(C(F)(F)F)s1. The summed E-state index contributed by atoms with van der Waals surface area (Å²) in [5.74, 6) is 0. The first-order valence-corrected chi connectivity index (χ1v) is 6.64. The Hall–Kier alpha value is -0.660. The van der Waals surface area contributed by atoms with Gasteiger partial charge in [-0.05, 0) is 26.3 Å². The maximum Gasteiger partial charge on any atom is 0.443 e. The molecule has 0 spiro atoms. The van der Waals surface area contributed by atoms with E-state index in [1.165, 1.54) is 6.20 Å². The molecule has 0 bridgehead atoms. The predicted octanol–water partition coefficient (Wildman–Crippen LogP) is 2.99. The minimum atomic E-state index is -4.36. The Morgan fingerprint density at radius 2 is 2.39 bits per heavy atom. The van der Waals surface area contributed by atoms with Gasteiger partial charge in [-0.15, -0.1) is 11.3 Å². The Labute approximate surface area is 107 Å². The van der Waals surface area contributed by atoms with Crippen LogP contribution in [-0.4, -0.2) is 24.7 Å². The number of halogens is 3. The second-order valence-electron chi connectivity index (χ2n) is 4.28. The van der Waals surface area contributed by atoms with E-state index in [9.17, 15) is 13.2 Å². The summed E-state index contributed by atoms with van der Waals surface area (Å²) in [4.78, 5) is 4.05. The number of rotatable bonds is 4. The van der Waals surface area contributed by atoms with Crippen LogP contribution in [0, 0.1) is 0 Å². The topological polar surface area (TPSA) is 34.1 Å². The van der Waals surface area contributed by atoms with Crippen LogP contribution in [-0.2, 0) is 10.9 Å². The molecule has 1 aliphatic rings. The van der Waals surface area contributed by atoms with Crippen molar-refractivity contribution in [2.24, 2.45) is 0 Å². The highest BCUT2D eigenvalue weighted by atomic mass is 32.1. The number of alkyl halides is 3. The molecule has 1 aromatic rings. The van der Waals surface area contributed by atoms with E-state index in [1.54, 1.807) is 7.05 Å². The van der Waals surface area contributed by atoms with Crippen LogP contribution < -0.4 is 5.32 Å². The minimum Gasteiger partial charge on any atom is -0.378 e. The molecule has 2 unspecified atom stereocenters. The van der Waals surface area contributed by atoms with Gasteiger partial charge in [0, 0.05) is 23.7 Å². The van der Waals surface area contributed by atoms with Gasteiger partial charge in [-0.25, -0.2) is 4.98 Å². The molecule has 0 amide bonds. The molecule has 2 atom stereocenters. The van der Waals surface area contributed by atoms with Gasteiger partial charge in [-0.2, -0.15) is 13.2 Å². The molecule has 2 rings (SSSR count). The van der Waals surface area contributed by atoms with Gasteiger partial charge in [0.2, 0.25) is 0 Å². The third-order valence-electron chi connectivity index (χ3n) is 2.98. The first-order valence-electron chi connectivity index (χ1n) is 5.82. The van der Waals surface area contributed by atoms with E-state index in [4.69, 9.17) is 4.74 Å². The van der Waals surface area contributed by atoms with Crippen molar-refractivity contribution in [3.63, 3.8) is 0 Å². The van der Waals surface area contributed by atoms with E-state index in [0.717, 1.165) is 19.4 Å². The molecular formula is C11H15F3N2OS. The summed E-state index contributed by atoms with van der Waals surface area (Å²) in [5.41, 5.74) is 0. The molecule has 1 aliphatic heterocycles. The summed E-state index contributed by atoms with van der Waals surface area (Å²) in [5, 5.41) is 2.25. The number of hydrogen-bond acceptors (Lipinski definition) is 4. The first-order chi connectivity index (χ1) is 8.50. The third-order valence-corrected chi connectivity index (χ3v) is 4.14. The molecule has 0 aromatic carbocycles. The highest BCUT2D eigenvalue weighted by Crippen LogP contribution is 2.35. The molecule has 0 aliphatic carbocycles. The molecule has 7 heteroatoms. The van der Waals surface area contributed by atoms with Crippen molar-refractivity contribution < 1.29 is 17.9 Å². The van der Waals surface area contributed by atoms with Crippen LogP contribution >= 0.6 is 11.3 Å². The lowest BCUT2D eigenvalue weighted by Crippen LogP contribution is -2.21. The Bertz CT molecular complexity index is 388. The number of hydrogen-bond donors (Lipinski definition) is 1. The molecule has 2 heterocycles. The molecule has 1 aromatic heterocycles. The van der Waals surface area contributed by atoms with Crippen LogP contribution in [0.5, 0.6) is 0 Å². The van der Waals surface area contributed by atoms with E-state index < -0.39 is 11.2 Å². The Morgan fingerprint density at radius 1 is 1.61 bits per heavy atom. The zero-order valence-corrected chi connectivity index (χ0v) is 10.8. The first kappa shape index (κ1) is 13.8. The van der Waals surface area contributed by atoms with Crippen molar-refractivity contribution in [1.82, 2.24) is 10.3 Å². The highest BCUT2D eigenvalue weighted by Gasteiger charge is 2.35. The van der Waals surface area contributed by atoms with Gasteiger partial charge in [-0.1, -0.05) is 0 Å². The molecule has 102 valence electrons. The van der Waals surface area contributed by atoms with Crippen molar-refractivity contribution in [3.8, 4) is 0 Å². The smallest absolute Gasteiger partial charge is 0.378 e. The van der Waals surface area contributed by atoms with E-state index in [1.807, 2.05) is 0 Å². The van der Waals surface area contributed by atoms with E-state index in [2.05, 4.69) is 10.3 Å². The highest BCUT2D eigenvalue weighted by molar-refractivity contribution is 7.11. The van der Waals surface area contributed by atoms with Crippen LogP contribution in [0.1, 0.15) is 35.2 Å². The van der Waals surface area contributed by atoms with Gasteiger partial charge in [-0.3, -0.25) is 0 Å². The third kappa shape index (κ3) is 3.21. The van der Waals surface area contributed by atoms with Crippen molar-refractivity contribution in [1.29, 1.82) is 0 Å². The molecule has 0 radical (unpaired) electrons. The van der Waals surface area contributed by atoms with Crippen molar-refractivity contribution in [3.05, 3.63) is 16.1 Å². The van der Waals surface area contributed by atoms with Gasteiger partial charge < -0.3 is 10.1 Å². The van der Waals surface area contributed by atoms with Crippen molar-refractivity contribution >= 4 is 11.3 Å². The summed E-state index contributed by atoms with van der Waals surface area (Å²) in [6, 6.07) is -0.123. The average molecular weight is 280 g/mol. The molecule has 1 N–H and O–H groups in total. The molecule has 3 nitrogen and oxygen atoms in total. The lowest BCUT2D eigenvalue weighted by Gasteiger charge is -2.18. The maximum atomic E-state index is 12.5. The van der Waals surface area contributed by atoms with Crippen molar-refractivity contribution in [2.75, 3.05) is 13.7 Å².